The Kier molecular flexibility index (Phi) is 12.6. The van der Waals surface area contributed by atoms with Gasteiger partial charge in [0.1, 0.15) is 31.8 Å². The molecule has 2 aliphatic heterocycles. The predicted molar refractivity (Wildman–Crippen MR) is 134 cm³/mol. The van der Waals surface area contributed by atoms with Gasteiger partial charge in [-0.05, 0) is 0 Å². The summed E-state index contributed by atoms with van der Waals surface area (Å²) in [5.74, 6) is -9.83. The molecule has 2 rings (SSSR count). The minimum absolute atomic E-state index is 0.490. The Morgan fingerprint density at radius 1 is 0.545 bits per heavy atom. The molecule has 0 aromatic rings. The fourth-order valence-electron chi connectivity index (χ4n) is 4.48. The first-order chi connectivity index (χ1) is 20.4. The second-order valence-electron chi connectivity index (χ2n) is 9.63. The van der Waals surface area contributed by atoms with E-state index in [9.17, 15) is 38.4 Å². The fourth-order valence-corrected chi connectivity index (χ4v) is 4.48. The van der Waals surface area contributed by atoms with Gasteiger partial charge in [-0.25, -0.2) is 0 Å². The lowest BCUT2D eigenvalue weighted by molar-refractivity contribution is -0.262. The van der Waals surface area contributed by atoms with Gasteiger partial charge in [-0.15, -0.1) is 0 Å². The minimum Gasteiger partial charge on any atom is -0.463 e. The average Bonchev–Trinajstić information content (AvgIpc) is 3.29. The van der Waals surface area contributed by atoms with Crippen LogP contribution in [-0.4, -0.2) is 110 Å². The number of carbonyl (C=O) groups is 8. The summed E-state index contributed by atoms with van der Waals surface area (Å²) in [6.45, 7) is 6.13. The molecule has 0 saturated carbocycles. The molecule has 0 spiro atoms. The van der Waals surface area contributed by atoms with E-state index >= 15 is 0 Å². The van der Waals surface area contributed by atoms with Gasteiger partial charge >= 0.3 is 47.8 Å². The summed E-state index contributed by atoms with van der Waals surface area (Å²) in [7, 11) is 0. The molecule has 18 heteroatoms. The van der Waals surface area contributed by atoms with E-state index < -0.39 is 116 Å². The van der Waals surface area contributed by atoms with Gasteiger partial charge in [0.2, 0.25) is 18.5 Å². The maximum atomic E-state index is 13.4. The molecule has 2 unspecified atom stereocenters. The number of rotatable bonds is 12. The SMILES string of the molecule is CC(=O)OC[C@H]1OC(OC(=O)CC2(OC(C)=O)O[C@H](COC(C)=O)[C@@H](OC(C)=O)[C@H]2OC(C)=O)[C@H](OC(C)=O)[C@@H]1OC(C)=O. The second kappa shape index (κ2) is 15.4. The van der Waals surface area contributed by atoms with Crippen molar-refractivity contribution >= 4 is 47.8 Å². The molecule has 44 heavy (non-hydrogen) atoms. The van der Waals surface area contributed by atoms with Crippen LogP contribution in [0, 0.1) is 0 Å². The largest absolute Gasteiger partial charge is 0.463 e. The Bertz CT molecular complexity index is 1150. The lowest BCUT2D eigenvalue weighted by Crippen LogP contribution is -2.51. The highest BCUT2D eigenvalue weighted by Gasteiger charge is 2.63. The average molecular weight is 635 g/mol. The molecule has 0 aliphatic carbocycles. The van der Waals surface area contributed by atoms with Crippen LogP contribution in [-0.2, 0) is 85.7 Å². The molecule has 2 fully saturated rings. The van der Waals surface area contributed by atoms with Gasteiger partial charge in [-0.2, -0.15) is 0 Å². The second-order valence-corrected chi connectivity index (χ2v) is 9.63. The Morgan fingerprint density at radius 2 is 1.02 bits per heavy atom. The Morgan fingerprint density at radius 3 is 1.50 bits per heavy atom. The van der Waals surface area contributed by atoms with Crippen molar-refractivity contribution in [1.29, 1.82) is 0 Å². The summed E-state index contributed by atoms with van der Waals surface area (Å²) in [5, 5.41) is 0. The van der Waals surface area contributed by atoms with Crippen LogP contribution in [0.1, 0.15) is 54.9 Å². The van der Waals surface area contributed by atoms with Gasteiger partial charge in [0.05, 0.1) is 0 Å². The van der Waals surface area contributed by atoms with E-state index in [1.165, 1.54) is 0 Å². The normalized spacial score (nSPS) is 29.0. The highest BCUT2D eigenvalue weighted by molar-refractivity contribution is 5.74. The van der Waals surface area contributed by atoms with Crippen molar-refractivity contribution in [2.24, 2.45) is 0 Å². The predicted octanol–water partition coefficient (Wildman–Crippen LogP) is -0.844. The third kappa shape index (κ3) is 10.1. The monoisotopic (exact) mass is 634 g/mol. The highest BCUT2D eigenvalue weighted by atomic mass is 16.8. The van der Waals surface area contributed by atoms with E-state index in [4.69, 9.17) is 47.4 Å². The Hall–Kier alpha value is -4.32. The molecule has 0 aromatic carbocycles. The van der Waals surface area contributed by atoms with E-state index in [1.54, 1.807) is 0 Å². The maximum absolute atomic E-state index is 13.4. The van der Waals surface area contributed by atoms with Crippen LogP contribution >= 0.6 is 0 Å². The summed E-state index contributed by atoms with van der Waals surface area (Å²) in [6.07, 6.45) is -11.7. The maximum Gasteiger partial charge on any atom is 0.315 e. The van der Waals surface area contributed by atoms with Crippen LogP contribution < -0.4 is 0 Å². The lowest BCUT2D eigenvalue weighted by atomic mass is 10.0. The van der Waals surface area contributed by atoms with Crippen molar-refractivity contribution in [2.75, 3.05) is 13.2 Å². The van der Waals surface area contributed by atoms with E-state index in [1.807, 2.05) is 0 Å². The van der Waals surface area contributed by atoms with E-state index in [0.717, 1.165) is 48.5 Å². The molecule has 0 amide bonds. The zero-order chi connectivity index (χ0) is 33.4. The number of esters is 8. The van der Waals surface area contributed by atoms with Crippen LogP contribution in [0.2, 0.25) is 0 Å². The molecular weight excluding hydrogens is 600 g/mol. The summed E-state index contributed by atoms with van der Waals surface area (Å²) in [4.78, 5) is 96.0. The number of hydrogen-bond donors (Lipinski definition) is 0. The van der Waals surface area contributed by atoms with Gasteiger partial charge in [-0.3, -0.25) is 38.4 Å². The quantitative estimate of drug-likeness (QED) is 0.188. The zero-order valence-corrected chi connectivity index (χ0v) is 25.0. The zero-order valence-electron chi connectivity index (χ0n) is 25.0. The van der Waals surface area contributed by atoms with Crippen LogP contribution in [0.15, 0.2) is 0 Å². The van der Waals surface area contributed by atoms with E-state index in [0.29, 0.717) is 0 Å². The molecule has 0 radical (unpaired) electrons. The highest BCUT2D eigenvalue weighted by Crippen LogP contribution is 2.40. The van der Waals surface area contributed by atoms with Gasteiger partial charge < -0.3 is 47.4 Å². The summed E-state index contributed by atoms with van der Waals surface area (Å²) < 4.78 is 52.9. The molecule has 2 heterocycles. The molecule has 0 bridgehead atoms. The molecule has 0 aromatic heterocycles. The van der Waals surface area contributed by atoms with Crippen LogP contribution in [0.4, 0.5) is 0 Å². The van der Waals surface area contributed by atoms with Crippen molar-refractivity contribution in [3.63, 3.8) is 0 Å². The van der Waals surface area contributed by atoms with E-state index in [2.05, 4.69) is 0 Å². The lowest BCUT2D eigenvalue weighted by Gasteiger charge is -2.33. The van der Waals surface area contributed by atoms with E-state index in [-0.39, 0.29) is 0 Å². The van der Waals surface area contributed by atoms with Gasteiger partial charge in [-0.1, -0.05) is 0 Å². The van der Waals surface area contributed by atoms with Gasteiger partial charge in [0.25, 0.3) is 5.79 Å². The van der Waals surface area contributed by atoms with Crippen molar-refractivity contribution < 1.29 is 85.7 Å². The third-order valence-corrected chi connectivity index (χ3v) is 5.77. The fraction of sp³-hybridized carbons (Fsp3) is 0.692. The molecule has 18 nitrogen and oxygen atoms in total. The first-order valence-corrected chi connectivity index (χ1v) is 13.1. The molecular formula is C26H34O18. The molecule has 8 atom stereocenters. The molecule has 2 saturated heterocycles. The Labute approximate surface area is 250 Å². The van der Waals surface area contributed by atoms with Gasteiger partial charge in [0.15, 0.2) is 12.2 Å². The van der Waals surface area contributed by atoms with Gasteiger partial charge in [0, 0.05) is 48.5 Å². The first-order valence-electron chi connectivity index (χ1n) is 13.1. The standard InChI is InChI=1S/C26H34O18/c1-11(27)35-9-18-21(37-13(3)29)23(39-15(5)31)25(41-18)42-20(34)8-26(43-17(7)33)24(40-16(6)32)22(38-14(4)30)19(44-26)10-36-12(2)28/h18-19,21-25H,8-10H2,1-7H3/t18-,19-,21-,22-,23-,24-,25?,26?/m1/s1. The molecule has 2 aliphatic rings. The van der Waals surface area contributed by atoms with Crippen LogP contribution in [0.25, 0.3) is 0 Å². The smallest absolute Gasteiger partial charge is 0.315 e. The summed E-state index contributed by atoms with van der Waals surface area (Å²) >= 11 is 0. The van der Waals surface area contributed by atoms with Crippen molar-refractivity contribution in [3.8, 4) is 0 Å². The summed E-state index contributed by atoms with van der Waals surface area (Å²) in [6, 6.07) is 0. The molecule has 246 valence electrons. The van der Waals surface area contributed by atoms with Crippen LogP contribution in [0.5, 0.6) is 0 Å². The first kappa shape index (κ1) is 35.9. The topological polar surface area (TPSA) is 229 Å². The number of carbonyl (C=O) groups excluding carboxylic acids is 8. The van der Waals surface area contributed by atoms with Crippen LogP contribution in [0.3, 0.4) is 0 Å². The number of ether oxygens (including phenoxy) is 10. The number of hydrogen-bond acceptors (Lipinski definition) is 18. The van der Waals surface area contributed by atoms with Crippen molar-refractivity contribution in [3.05, 3.63) is 0 Å². The molecule has 0 N–H and O–H groups in total. The summed E-state index contributed by atoms with van der Waals surface area (Å²) in [5.41, 5.74) is 0. The van der Waals surface area contributed by atoms with Crippen molar-refractivity contribution in [2.45, 2.75) is 104 Å². The Balaban J connectivity index is 2.46. The minimum atomic E-state index is -2.50. The van der Waals surface area contributed by atoms with Crippen molar-refractivity contribution in [1.82, 2.24) is 0 Å². The third-order valence-electron chi connectivity index (χ3n) is 5.77.